The highest BCUT2D eigenvalue weighted by Crippen LogP contribution is 2.18. The topological polar surface area (TPSA) is 47.2 Å². The van der Waals surface area contributed by atoms with Crippen LogP contribution in [0.3, 0.4) is 0 Å². The van der Waals surface area contributed by atoms with Crippen LogP contribution in [-0.2, 0) is 17.8 Å². The Labute approximate surface area is 172 Å². The molecule has 6 heteroatoms. The number of ether oxygens (including phenoxy) is 1. The van der Waals surface area contributed by atoms with E-state index >= 15 is 0 Å². The molecule has 1 aliphatic rings. The lowest BCUT2D eigenvalue weighted by molar-refractivity contribution is -1.02. The zero-order valence-electron chi connectivity index (χ0n) is 17.4. The Balaban J connectivity index is 1.39. The number of methoxy groups -OCH3 is 1. The van der Waals surface area contributed by atoms with Crippen LogP contribution in [0.25, 0.3) is 0 Å². The van der Waals surface area contributed by atoms with E-state index in [1.807, 2.05) is 12.1 Å². The standard InChI is InChI=1S/C23H30FN3O2/c1-18-5-3-4-6-19(18)9-10-25-23(28)17-27-13-11-26(12-14-27)16-20-15-21(24)7-8-22(20)29-2/h3-8,15H,9-14,16-17H2,1-2H3,(H,25,28)/p+2. The third kappa shape index (κ3) is 6.27. The zero-order valence-corrected chi connectivity index (χ0v) is 17.4. The van der Waals surface area contributed by atoms with Crippen molar-refractivity contribution in [2.75, 3.05) is 46.4 Å². The molecule has 1 aliphatic heterocycles. The Morgan fingerprint density at radius 3 is 2.52 bits per heavy atom. The molecule has 0 unspecified atom stereocenters. The lowest BCUT2D eigenvalue weighted by Gasteiger charge is -2.29. The van der Waals surface area contributed by atoms with Crippen LogP contribution < -0.4 is 19.9 Å². The number of hydrogen-bond donors (Lipinski definition) is 3. The first kappa shape index (κ1) is 21.3. The van der Waals surface area contributed by atoms with Gasteiger partial charge < -0.3 is 19.9 Å². The molecule has 0 radical (unpaired) electrons. The smallest absolute Gasteiger partial charge is 0.275 e. The van der Waals surface area contributed by atoms with Crippen LogP contribution in [0, 0.1) is 12.7 Å². The molecule has 156 valence electrons. The van der Waals surface area contributed by atoms with Gasteiger partial charge in [-0.05, 0) is 42.7 Å². The van der Waals surface area contributed by atoms with Crippen molar-refractivity contribution in [1.29, 1.82) is 0 Å². The van der Waals surface area contributed by atoms with E-state index in [1.54, 1.807) is 19.2 Å². The minimum Gasteiger partial charge on any atom is -0.496 e. The number of rotatable bonds is 8. The second-order valence-corrected chi connectivity index (χ2v) is 7.84. The minimum atomic E-state index is -0.230. The van der Waals surface area contributed by atoms with Crippen molar-refractivity contribution in [2.24, 2.45) is 0 Å². The van der Waals surface area contributed by atoms with Gasteiger partial charge >= 0.3 is 0 Å². The molecule has 2 aromatic rings. The van der Waals surface area contributed by atoms with Gasteiger partial charge in [-0.15, -0.1) is 0 Å². The van der Waals surface area contributed by atoms with E-state index in [1.165, 1.54) is 27.0 Å². The van der Waals surface area contributed by atoms with Crippen molar-refractivity contribution in [2.45, 2.75) is 19.9 Å². The van der Waals surface area contributed by atoms with E-state index in [2.05, 4.69) is 24.4 Å². The molecular weight excluding hydrogens is 369 g/mol. The van der Waals surface area contributed by atoms with Gasteiger partial charge in [-0.25, -0.2) is 4.39 Å². The summed E-state index contributed by atoms with van der Waals surface area (Å²) in [6.45, 7) is 7.85. The maximum Gasteiger partial charge on any atom is 0.275 e. The van der Waals surface area contributed by atoms with Gasteiger partial charge in [0.2, 0.25) is 0 Å². The third-order valence-corrected chi connectivity index (χ3v) is 5.74. The molecular formula is C23H32FN3O2+2. The Bertz CT molecular complexity index is 820. The largest absolute Gasteiger partial charge is 0.496 e. The maximum atomic E-state index is 13.6. The number of aryl methyl sites for hydroxylation is 1. The summed E-state index contributed by atoms with van der Waals surface area (Å²) in [6, 6.07) is 13.0. The first-order valence-corrected chi connectivity index (χ1v) is 10.4. The molecule has 1 fully saturated rings. The van der Waals surface area contributed by atoms with Crippen molar-refractivity contribution in [1.82, 2.24) is 5.32 Å². The van der Waals surface area contributed by atoms with E-state index < -0.39 is 0 Å². The zero-order chi connectivity index (χ0) is 20.6. The van der Waals surface area contributed by atoms with Crippen LogP contribution in [0.1, 0.15) is 16.7 Å². The normalized spacial score (nSPS) is 19.0. The molecule has 0 aromatic heterocycles. The molecule has 1 saturated heterocycles. The predicted molar refractivity (Wildman–Crippen MR) is 111 cm³/mol. The molecule has 0 aliphatic carbocycles. The number of halogens is 1. The highest BCUT2D eigenvalue weighted by atomic mass is 19.1. The fourth-order valence-electron chi connectivity index (χ4n) is 3.98. The fraction of sp³-hybridized carbons (Fsp3) is 0.435. The summed E-state index contributed by atoms with van der Waals surface area (Å²) in [5.41, 5.74) is 3.45. The van der Waals surface area contributed by atoms with Gasteiger partial charge in [-0.3, -0.25) is 4.79 Å². The number of quaternary nitrogens is 2. The quantitative estimate of drug-likeness (QED) is 0.573. The molecule has 0 atom stereocenters. The highest BCUT2D eigenvalue weighted by molar-refractivity contribution is 5.76. The second-order valence-electron chi connectivity index (χ2n) is 7.84. The van der Waals surface area contributed by atoms with Gasteiger partial charge in [-0.2, -0.15) is 0 Å². The summed E-state index contributed by atoms with van der Waals surface area (Å²) < 4.78 is 18.9. The summed E-state index contributed by atoms with van der Waals surface area (Å²) >= 11 is 0. The lowest BCUT2D eigenvalue weighted by atomic mass is 10.1. The first-order valence-electron chi connectivity index (χ1n) is 10.4. The van der Waals surface area contributed by atoms with E-state index in [-0.39, 0.29) is 11.7 Å². The summed E-state index contributed by atoms with van der Waals surface area (Å²) in [5.74, 6) is 0.623. The molecule has 0 spiro atoms. The minimum absolute atomic E-state index is 0.115. The van der Waals surface area contributed by atoms with E-state index in [4.69, 9.17) is 4.74 Å². The molecule has 29 heavy (non-hydrogen) atoms. The molecule has 5 nitrogen and oxygen atoms in total. The second kappa shape index (κ2) is 10.4. The molecule has 1 amide bonds. The molecule has 0 bridgehead atoms. The van der Waals surface area contributed by atoms with Gasteiger partial charge in [0, 0.05) is 6.54 Å². The van der Waals surface area contributed by atoms with Crippen LogP contribution >= 0.6 is 0 Å². The predicted octanol–water partition coefficient (Wildman–Crippen LogP) is -0.215. The summed E-state index contributed by atoms with van der Waals surface area (Å²) in [5, 5.41) is 3.05. The van der Waals surface area contributed by atoms with Crippen molar-refractivity contribution in [3.05, 3.63) is 65.0 Å². The Morgan fingerprint density at radius 2 is 1.79 bits per heavy atom. The molecule has 3 N–H and O–H groups in total. The lowest BCUT2D eigenvalue weighted by Crippen LogP contribution is -3.28. The van der Waals surface area contributed by atoms with Crippen LogP contribution in [-0.4, -0.2) is 52.3 Å². The Kier molecular flexibility index (Phi) is 7.61. The number of carbonyl (C=O) groups is 1. The van der Waals surface area contributed by atoms with Crippen LogP contribution in [0.5, 0.6) is 5.75 Å². The average molecular weight is 402 g/mol. The summed E-state index contributed by atoms with van der Waals surface area (Å²) in [7, 11) is 1.62. The molecule has 2 aromatic carbocycles. The van der Waals surface area contributed by atoms with Gasteiger partial charge in [0.05, 0.1) is 12.7 Å². The van der Waals surface area contributed by atoms with Gasteiger partial charge in [-0.1, -0.05) is 24.3 Å². The Hall–Kier alpha value is -2.44. The Morgan fingerprint density at radius 1 is 1.07 bits per heavy atom. The van der Waals surface area contributed by atoms with Crippen LogP contribution in [0.4, 0.5) is 4.39 Å². The van der Waals surface area contributed by atoms with E-state index in [0.717, 1.165) is 50.5 Å². The van der Waals surface area contributed by atoms with E-state index in [0.29, 0.717) is 13.1 Å². The summed E-state index contributed by atoms with van der Waals surface area (Å²) in [4.78, 5) is 15.0. The first-order chi connectivity index (χ1) is 14.0. The van der Waals surface area contributed by atoms with Gasteiger partial charge in [0.15, 0.2) is 6.54 Å². The number of nitrogens with one attached hydrogen (secondary N) is 3. The van der Waals surface area contributed by atoms with Crippen molar-refractivity contribution in [3.63, 3.8) is 0 Å². The average Bonchev–Trinajstić information content (AvgIpc) is 2.71. The van der Waals surface area contributed by atoms with Crippen molar-refractivity contribution in [3.8, 4) is 5.75 Å². The monoisotopic (exact) mass is 401 g/mol. The van der Waals surface area contributed by atoms with Crippen molar-refractivity contribution < 1.29 is 23.7 Å². The number of piperazine rings is 1. The molecule has 1 heterocycles. The molecule has 3 rings (SSSR count). The van der Waals surface area contributed by atoms with Crippen LogP contribution in [0.15, 0.2) is 42.5 Å². The highest BCUT2D eigenvalue weighted by Gasteiger charge is 2.25. The van der Waals surface area contributed by atoms with Gasteiger partial charge in [0.1, 0.15) is 44.3 Å². The van der Waals surface area contributed by atoms with Gasteiger partial charge in [0.25, 0.3) is 5.91 Å². The molecule has 0 saturated carbocycles. The number of carbonyl (C=O) groups excluding carboxylic acids is 1. The number of hydrogen-bond acceptors (Lipinski definition) is 2. The number of amides is 1. The van der Waals surface area contributed by atoms with E-state index in [9.17, 15) is 9.18 Å². The number of benzene rings is 2. The summed E-state index contributed by atoms with van der Waals surface area (Å²) in [6.07, 6.45) is 0.862. The fourth-order valence-corrected chi connectivity index (χ4v) is 3.98. The van der Waals surface area contributed by atoms with Crippen molar-refractivity contribution >= 4 is 5.91 Å². The third-order valence-electron chi connectivity index (χ3n) is 5.74. The van der Waals surface area contributed by atoms with Crippen LogP contribution in [0.2, 0.25) is 0 Å². The SMILES string of the molecule is COc1ccc(F)cc1C[NH+]1CC[NH+](CC(=O)NCCc2ccccc2C)CC1. The maximum absolute atomic E-state index is 13.6.